The Labute approximate surface area is 155 Å². The number of alkyl halides is 3. The van der Waals surface area contributed by atoms with Gasteiger partial charge in [0, 0.05) is 10.6 Å². The monoisotopic (exact) mass is 418 g/mol. The van der Waals surface area contributed by atoms with Crippen molar-refractivity contribution in [3.05, 3.63) is 47.0 Å². The molecule has 27 heavy (non-hydrogen) atoms. The molecule has 0 radical (unpaired) electrons. The molecule has 0 fully saturated rings. The van der Waals surface area contributed by atoms with Gasteiger partial charge in [-0.3, -0.25) is 0 Å². The van der Waals surface area contributed by atoms with E-state index in [0.29, 0.717) is 5.02 Å². The first-order valence-electron chi connectivity index (χ1n) is 7.13. The van der Waals surface area contributed by atoms with Crippen molar-refractivity contribution in [3.8, 4) is 17.3 Å². The van der Waals surface area contributed by atoms with Gasteiger partial charge in [0.1, 0.15) is 4.90 Å². The SMILES string of the molecule is Cc1ccc(-c2nc(C(F)(F)F)nn2-c2ncc(S(N)(=O)=O)cn2)cc1Cl. The zero-order chi connectivity index (χ0) is 20.0. The maximum absolute atomic E-state index is 13.1. The van der Waals surface area contributed by atoms with Crippen LogP contribution in [0.5, 0.6) is 0 Å². The van der Waals surface area contributed by atoms with Crippen LogP contribution in [0.2, 0.25) is 5.02 Å². The summed E-state index contributed by atoms with van der Waals surface area (Å²) in [5.41, 5.74) is 0.962. The largest absolute Gasteiger partial charge is 0.453 e. The number of sulfonamides is 1. The van der Waals surface area contributed by atoms with Crippen molar-refractivity contribution in [3.63, 3.8) is 0 Å². The van der Waals surface area contributed by atoms with Crippen LogP contribution in [0.1, 0.15) is 11.4 Å². The zero-order valence-corrected chi connectivity index (χ0v) is 15.0. The molecule has 0 unspecified atom stereocenters. The van der Waals surface area contributed by atoms with E-state index in [2.05, 4.69) is 20.1 Å². The van der Waals surface area contributed by atoms with E-state index in [4.69, 9.17) is 16.7 Å². The van der Waals surface area contributed by atoms with Crippen LogP contribution in [0.15, 0.2) is 35.5 Å². The summed E-state index contributed by atoms with van der Waals surface area (Å²) in [6.07, 6.45) is -3.09. The Balaban J connectivity index is 2.19. The number of hydrogen-bond donors (Lipinski definition) is 1. The Bertz CT molecular complexity index is 1110. The number of rotatable bonds is 3. The summed E-state index contributed by atoms with van der Waals surface area (Å²) >= 11 is 6.04. The molecule has 142 valence electrons. The van der Waals surface area contributed by atoms with E-state index in [1.807, 2.05) is 0 Å². The predicted molar refractivity (Wildman–Crippen MR) is 88.5 cm³/mol. The van der Waals surface area contributed by atoms with E-state index in [9.17, 15) is 21.6 Å². The minimum atomic E-state index is -4.81. The molecule has 0 bridgehead atoms. The Kier molecular flexibility index (Phi) is 4.66. The predicted octanol–water partition coefficient (Wildman–Crippen LogP) is 2.35. The second-order valence-corrected chi connectivity index (χ2v) is 7.36. The number of aryl methyl sites for hydroxylation is 1. The highest BCUT2D eigenvalue weighted by molar-refractivity contribution is 7.89. The third kappa shape index (κ3) is 3.91. The summed E-state index contributed by atoms with van der Waals surface area (Å²) in [7, 11) is -4.06. The van der Waals surface area contributed by atoms with Gasteiger partial charge in [0.2, 0.25) is 10.0 Å². The molecule has 2 heterocycles. The van der Waals surface area contributed by atoms with Crippen molar-refractivity contribution < 1.29 is 21.6 Å². The van der Waals surface area contributed by atoms with Gasteiger partial charge < -0.3 is 0 Å². The first kappa shape index (κ1) is 19.2. The van der Waals surface area contributed by atoms with Gasteiger partial charge in [-0.05, 0) is 18.6 Å². The Morgan fingerprint density at radius 1 is 1.19 bits per heavy atom. The molecule has 2 N–H and O–H groups in total. The quantitative estimate of drug-likeness (QED) is 0.697. The average Bonchev–Trinajstić information content (AvgIpc) is 3.02. The summed E-state index contributed by atoms with van der Waals surface area (Å²) < 4.78 is 62.5. The molecule has 0 saturated carbocycles. The number of benzene rings is 1. The zero-order valence-electron chi connectivity index (χ0n) is 13.4. The minimum Gasteiger partial charge on any atom is -0.225 e. The lowest BCUT2D eigenvalue weighted by molar-refractivity contribution is -0.144. The van der Waals surface area contributed by atoms with Gasteiger partial charge in [0.05, 0.1) is 12.4 Å². The van der Waals surface area contributed by atoms with Crippen LogP contribution in [0.4, 0.5) is 13.2 Å². The molecule has 0 amide bonds. The molecule has 3 aromatic rings. The molecule has 3 rings (SSSR count). The average molecular weight is 419 g/mol. The summed E-state index contributed by atoms with van der Waals surface area (Å²) in [6.45, 7) is 1.73. The van der Waals surface area contributed by atoms with Crippen LogP contribution in [-0.2, 0) is 16.2 Å². The van der Waals surface area contributed by atoms with Crippen molar-refractivity contribution in [2.45, 2.75) is 18.0 Å². The minimum absolute atomic E-state index is 0.215. The highest BCUT2D eigenvalue weighted by Gasteiger charge is 2.38. The maximum Gasteiger partial charge on any atom is 0.453 e. The van der Waals surface area contributed by atoms with Gasteiger partial charge in [-0.25, -0.2) is 28.5 Å². The van der Waals surface area contributed by atoms with Crippen molar-refractivity contribution in [2.24, 2.45) is 5.14 Å². The number of nitrogens with zero attached hydrogens (tertiary/aromatic N) is 5. The van der Waals surface area contributed by atoms with E-state index in [1.165, 1.54) is 12.1 Å². The van der Waals surface area contributed by atoms with Crippen LogP contribution >= 0.6 is 11.6 Å². The molecule has 1 aromatic carbocycles. The lowest BCUT2D eigenvalue weighted by Gasteiger charge is -2.06. The Morgan fingerprint density at radius 2 is 1.81 bits per heavy atom. The van der Waals surface area contributed by atoms with E-state index >= 15 is 0 Å². The van der Waals surface area contributed by atoms with E-state index in [-0.39, 0.29) is 17.3 Å². The van der Waals surface area contributed by atoms with Gasteiger partial charge in [0.15, 0.2) is 5.82 Å². The van der Waals surface area contributed by atoms with Crippen LogP contribution in [-0.4, -0.2) is 33.2 Å². The van der Waals surface area contributed by atoms with Crippen LogP contribution < -0.4 is 5.14 Å². The van der Waals surface area contributed by atoms with Gasteiger partial charge in [-0.2, -0.15) is 17.9 Å². The van der Waals surface area contributed by atoms with Crippen molar-refractivity contribution >= 4 is 21.6 Å². The van der Waals surface area contributed by atoms with Crippen molar-refractivity contribution in [2.75, 3.05) is 0 Å². The third-order valence-electron chi connectivity index (χ3n) is 3.42. The molecule has 0 aliphatic carbocycles. The lowest BCUT2D eigenvalue weighted by atomic mass is 10.1. The standard InChI is InChI=1S/C14H10ClF3N6O2S/c1-7-2-3-8(4-10(7)15)11-22-12(14(16,17)18)23-24(11)13-20-5-9(6-21-13)27(19,25)26/h2-6H,1H3,(H2,19,25,26). The Morgan fingerprint density at radius 3 is 2.33 bits per heavy atom. The molecule has 2 aromatic heterocycles. The number of halogens is 4. The van der Waals surface area contributed by atoms with Crippen LogP contribution in [0.3, 0.4) is 0 Å². The fraction of sp³-hybridized carbons (Fsp3) is 0.143. The lowest BCUT2D eigenvalue weighted by Crippen LogP contribution is -2.14. The smallest absolute Gasteiger partial charge is 0.225 e. The topological polar surface area (TPSA) is 117 Å². The van der Waals surface area contributed by atoms with E-state index in [1.54, 1.807) is 13.0 Å². The number of hydrogen-bond acceptors (Lipinski definition) is 6. The van der Waals surface area contributed by atoms with Crippen LogP contribution in [0, 0.1) is 6.92 Å². The number of primary sulfonamides is 1. The summed E-state index contributed by atoms with van der Waals surface area (Å²) in [4.78, 5) is 10.6. The number of aromatic nitrogens is 5. The normalized spacial score (nSPS) is 12.4. The van der Waals surface area contributed by atoms with Gasteiger partial charge in [-0.15, -0.1) is 5.10 Å². The van der Waals surface area contributed by atoms with Gasteiger partial charge >= 0.3 is 6.18 Å². The molecule has 13 heteroatoms. The maximum atomic E-state index is 13.1. The summed E-state index contributed by atoms with van der Waals surface area (Å²) in [6, 6.07) is 4.55. The second kappa shape index (κ2) is 6.55. The number of nitrogens with two attached hydrogens (primary N) is 1. The first-order chi connectivity index (χ1) is 12.5. The van der Waals surface area contributed by atoms with E-state index < -0.39 is 26.9 Å². The molecule has 0 saturated heterocycles. The van der Waals surface area contributed by atoms with Gasteiger partial charge in [0.25, 0.3) is 11.8 Å². The van der Waals surface area contributed by atoms with Gasteiger partial charge in [-0.1, -0.05) is 23.7 Å². The highest BCUT2D eigenvalue weighted by Crippen LogP contribution is 2.31. The van der Waals surface area contributed by atoms with Crippen LogP contribution in [0.25, 0.3) is 17.3 Å². The molecule has 8 nitrogen and oxygen atoms in total. The van der Waals surface area contributed by atoms with E-state index in [0.717, 1.165) is 22.6 Å². The molecular weight excluding hydrogens is 409 g/mol. The second-order valence-electron chi connectivity index (χ2n) is 5.40. The summed E-state index contributed by atoms with van der Waals surface area (Å²) in [5.74, 6) is -1.95. The molecule has 0 aliphatic heterocycles. The molecule has 0 aliphatic rings. The fourth-order valence-electron chi connectivity index (χ4n) is 2.06. The fourth-order valence-corrected chi connectivity index (χ4v) is 2.64. The summed E-state index contributed by atoms with van der Waals surface area (Å²) in [5, 5.41) is 8.68. The molecule has 0 atom stereocenters. The third-order valence-corrected chi connectivity index (χ3v) is 4.70. The highest BCUT2D eigenvalue weighted by atomic mass is 35.5. The molecular formula is C14H10ClF3N6O2S. The van der Waals surface area contributed by atoms with Crippen molar-refractivity contribution in [1.29, 1.82) is 0 Å². The first-order valence-corrected chi connectivity index (χ1v) is 9.05. The van der Waals surface area contributed by atoms with Crippen molar-refractivity contribution in [1.82, 2.24) is 24.7 Å². The Hall–Kier alpha value is -2.57. The molecule has 0 spiro atoms.